The molecule has 0 saturated carbocycles. The van der Waals surface area contributed by atoms with Crippen LogP contribution in [-0.2, 0) is 30.7 Å². The zero-order valence-electron chi connectivity index (χ0n) is 24.2. The minimum Gasteiger partial charge on any atom is -0.493 e. The third-order valence-electron chi connectivity index (χ3n) is 5.81. The zero-order valence-corrected chi connectivity index (χ0v) is 25.1. The number of anilines is 1. The molecule has 3 N–H and O–H groups in total. The molecule has 0 aliphatic rings. The summed E-state index contributed by atoms with van der Waals surface area (Å²) in [5.41, 5.74) is 6.05. The Labute approximate surface area is 259 Å². The molecule has 0 spiro atoms. The molecule has 4 aromatic rings. The van der Waals surface area contributed by atoms with E-state index in [-0.39, 0.29) is 47.7 Å². The Kier molecular flexibility index (Phi) is 11.0. The normalized spacial score (nSPS) is 11.5. The van der Waals surface area contributed by atoms with Crippen molar-refractivity contribution >= 4 is 27.9 Å². The number of nitrogens with zero attached hydrogens (tertiary/aromatic N) is 2. The van der Waals surface area contributed by atoms with Gasteiger partial charge in [0, 0.05) is 13.3 Å². The quantitative estimate of drug-likeness (QED) is 0.108. The lowest BCUT2D eigenvalue weighted by atomic mass is 10.1. The maximum atomic E-state index is 13.4. The van der Waals surface area contributed by atoms with Crippen LogP contribution in [0.5, 0.6) is 28.9 Å². The van der Waals surface area contributed by atoms with Crippen LogP contribution in [0.25, 0.3) is 0 Å². The number of esters is 1. The number of nitrogens with two attached hydrogens (primary N) is 1. The highest BCUT2D eigenvalue weighted by Crippen LogP contribution is 2.40. The lowest BCUT2D eigenvalue weighted by molar-refractivity contribution is -0.141. The van der Waals surface area contributed by atoms with Gasteiger partial charge in [0.15, 0.2) is 17.3 Å². The maximum absolute atomic E-state index is 13.4. The Balaban J connectivity index is 1.64. The fourth-order valence-electron chi connectivity index (χ4n) is 3.83. The fraction of sp³-hybridized carbons (Fsp3) is 0.200. The molecule has 4 rings (SSSR count). The van der Waals surface area contributed by atoms with Crippen LogP contribution in [0, 0.1) is 0 Å². The maximum Gasteiger partial charge on any atom is 0.407 e. The van der Waals surface area contributed by atoms with Crippen molar-refractivity contribution in [2.45, 2.75) is 24.5 Å². The van der Waals surface area contributed by atoms with Crippen molar-refractivity contribution < 1.29 is 46.4 Å². The number of para-hydroxylation sites is 2. The van der Waals surface area contributed by atoms with E-state index in [1.807, 2.05) is 6.07 Å². The van der Waals surface area contributed by atoms with Gasteiger partial charge in [0.05, 0.1) is 12.0 Å². The Hall–Kier alpha value is -5.57. The number of hydrogen-bond acceptors (Lipinski definition) is 12. The van der Waals surface area contributed by atoms with Gasteiger partial charge in [-0.1, -0.05) is 42.5 Å². The molecule has 15 heteroatoms. The topological polar surface area (TPSA) is 187 Å². The highest BCUT2D eigenvalue weighted by atomic mass is 32.2. The average Bonchev–Trinajstić information content (AvgIpc) is 3.01. The lowest BCUT2D eigenvalue weighted by Crippen LogP contribution is -2.30. The molecule has 45 heavy (non-hydrogen) atoms. The summed E-state index contributed by atoms with van der Waals surface area (Å²) in [4.78, 5) is 30.7. The summed E-state index contributed by atoms with van der Waals surface area (Å²) < 4.78 is 62.0. The van der Waals surface area contributed by atoms with E-state index in [4.69, 9.17) is 34.2 Å². The van der Waals surface area contributed by atoms with Crippen molar-refractivity contribution in [1.29, 1.82) is 0 Å². The number of sulfonamides is 1. The molecule has 1 aromatic heterocycles. The van der Waals surface area contributed by atoms with Gasteiger partial charge >= 0.3 is 12.1 Å². The van der Waals surface area contributed by atoms with Crippen LogP contribution in [0.3, 0.4) is 0 Å². The van der Waals surface area contributed by atoms with Crippen molar-refractivity contribution in [1.82, 2.24) is 9.97 Å². The van der Waals surface area contributed by atoms with Gasteiger partial charge in [-0.15, -0.1) is 0 Å². The van der Waals surface area contributed by atoms with E-state index in [1.54, 1.807) is 48.5 Å². The van der Waals surface area contributed by atoms with Crippen LogP contribution in [0.1, 0.15) is 12.5 Å². The van der Waals surface area contributed by atoms with Gasteiger partial charge in [-0.2, -0.15) is 4.98 Å². The van der Waals surface area contributed by atoms with Crippen molar-refractivity contribution in [3.8, 4) is 28.9 Å². The molecule has 0 bridgehead atoms. The number of rotatable bonds is 15. The number of hydrogen-bond donors (Lipinski definition) is 2. The molecule has 14 nitrogen and oxygen atoms in total. The molecule has 0 aliphatic carbocycles. The minimum absolute atomic E-state index is 0.0424. The number of benzene rings is 3. The third kappa shape index (κ3) is 9.46. The van der Waals surface area contributed by atoms with Gasteiger partial charge in [-0.05, 0) is 42.0 Å². The molecule has 1 unspecified atom stereocenters. The first-order valence-electron chi connectivity index (χ1n) is 13.4. The number of primary amides is 1. The molecule has 0 saturated heterocycles. The first-order chi connectivity index (χ1) is 21.6. The second-order valence-electron chi connectivity index (χ2n) is 9.05. The van der Waals surface area contributed by atoms with Crippen LogP contribution < -0.4 is 29.4 Å². The van der Waals surface area contributed by atoms with E-state index in [1.165, 1.54) is 38.3 Å². The van der Waals surface area contributed by atoms with E-state index in [2.05, 4.69) is 14.7 Å². The predicted octanol–water partition coefficient (Wildman–Crippen LogP) is 4.06. The van der Waals surface area contributed by atoms with E-state index in [0.29, 0.717) is 11.5 Å². The Morgan fingerprint density at radius 1 is 0.911 bits per heavy atom. The lowest BCUT2D eigenvalue weighted by Gasteiger charge is -2.21. The second kappa shape index (κ2) is 15.2. The molecule has 1 amide bonds. The summed E-state index contributed by atoms with van der Waals surface area (Å²) in [5, 5.41) is 0. The molecule has 0 radical (unpaired) electrons. The van der Waals surface area contributed by atoms with Gasteiger partial charge in [0.25, 0.3) is 22.2 Å². The summed E-state index contributed by atoms with van der Waals surface area (Å²) in [5.74, 6) is -0.367. The standard InChI is InChI=1S/C30H30N4O10S/c1-20(35)40-16-17-41-22-12-14-23(15-13-22)45(37,38)34-28-27(42-25-11-7-6-10-24(25)39-2)29(33-19-32-28)43-26(44-30(31)36)18-21-8-4-3-5-9-21/h3-15,19,26H,16-18H2,1-2H3,(H2,31,36)(H,32,33,34). The number of amides is 1. The third-order valence-corrected chi connectivity index (χ3v) is 7.17. The molecular weight excluding hydrogens is 608 g/mol. The van der Waals surface area contributed by atoms with Gasteiger partial charge in [0.1, 0.15) is 25.3 Å². The van der Waals surface area contributed by atoms with E-state index < -0.39 is 28.4 Å². The van der Waals surface area contributed by atoms with Gasteiger partial charge in [0.2, 0.25) is 5.75 Å². The monoisotopic (exact) mass is 638 g/mol. The van der Waals surface area contributed by atoms with Crippen molar-refractivity contribution in [3.63, 3.8) is 0 Å². The summed E-state index contributed by atoms with van der Waals surface area (Å²) in [6.07, 6.45) is -1.24. The number of nitrogens with one attached hydrogen (secondary N) is 1. The number of carbonyl (C=O) groups is 2. The molecular formula is C30H30N4O10S. The van der Waals surface area contributed by atoms with Crippen molar-refractivity contribution in [2.24, 2.45) is 5.73 Å². The zero-order chi connectivity index (χ0) is 32.2. The van der Waals surface area contributed by atoms with Crippen LogP contribution >= 0.6 is 0 Å². The van der Waals surface area contributed by atoms with Gasteiger partial charge in [-0.3, -0.25) is 9.52 Å². The molecule has 0 fully saturated rings. The predicted molar refractivity (Wildman–Crippen MR) is 160 cm³/mol. The summed E-state index contributed by atoms with van der Waals surface area (Å²) in [6.45, 7) is 1.41. The SMILES string of the molecule is COc1ccccc1Oc1c(NS(=O)(=O)c2ccc(OCCOC(C)=O)cc2)ncnc1OC(Cc1ccccc1)OC(N)=O. The second-order valence-corrected chi connectivity index (χ2v) is 10.7. The van der Waals surface area contributed by atoms with Crippen molar-refractivity contribution in [2.75, 3.05) is 25.0 Å². The van der Waals surface area contributed by atoms with Gasteiger partial charge in [-0.25, -0.2) is 18.2 Å². The summed E-state index contributed by atoms with van der Waals surface area (Å²) in [6, 6.07) is 21.1. The highest BCUT2D eigenvalue weighted by Gasteiger charge is 2.26. The first kappa shape index (κ1) is 32.3. The van der Waals surface area contributed by atoms with E-state index >= 15 is 0 Å². The minimum atomic E-state index is -4.25. The largest absolute Gasteiger partial charge is 0.493 e. The Bertz CT molecular complexity index is 1700. The van der Waals surface area contributed by atoms with Crippen LogP contribution in [0.4, 0.5) is 10.6 Å². The fourth-order valence-corrected chi connectivity index (χ4v) is 4.85. The summed E-state index contributed by atoms with van der Waals surface area (Å²) >= 11 is 0. The van der Waals surface area contributed by atoms with Crippen LogP contribution in [0.2, 0.25) is 0 Å². The van der Waals surface area contributed by atoms with Gasteiger partial charge < -0.3 is 34.2 Å². The van der Waals surface area contributed by atoms with Crippen LogP contribution in [0.15, 0.2) is 90.1 Å². The summed E-state index contributed by atoms with van der Waals surface area (Å²) in [7, 11) is -2.81. The highest BCUT2D eigenvalue weighted by molar-refractivity contribution is 7.92. The number of ether oxygens (including phenoxy) is 6. The first-order valence-corrected chi connectivity index (χ1v) is 14.8. The smallest absolute Gasteiger partial charge is 0.407 e. The van der Waals surface area contributed by atoms with Crippen molar-refractivity contribution in [3.05, 3.63) is 90.8 Å². The van der Waals surface area contributed by atoms with E-state index in [9.17, 15) is 18.0 Å². The number of aromatic nitrogens is 2. The molecule has 3 aromatic carbocycles. The number of carbonyl (C=O) groups excluding carboxylic acids is 2. The molecule has 1 atom stereocenters. The Morgan fingerprint density at radius 2 is 1.60 bits per heavy atom. The average molecular weight is 639 g/mol. The molecule has 0 aliphatic heterocycles. The van der Waals surface area contributed by atoms with E-state index in [0.717, 1.165) is 11.9 Å². The molecule has 236 valence electrons. The number of methoxy groups -OCH3 is 1. The Morgan fingerprint density at radius 3 is 2.27 bits per heavy atom. The van der Waals surface area contributed by atoms with Crippen LogP contribution in [-0.4, -0.2) is 57.1 Å². The molecule has 1 heterocycles.